The number of nitrogens with one attached hydrogen (secondary N) is 1. The lowest BCUT2D eigenvalue weighted by molar-refractivity contribution is 0.0980. The maximum atomic E-state index is 10.1. The zero-order chi connectivity index (χ0) is 15.2. The monoisotopic (exact) mass is 291 g/mol. The summed E-state index contributed by atoms with van der Waals surface area (Å²) in [6, 6.07) is 8.46. The van der Waals surface area contributed by atoms with E-state index < -0.39 is 6.10 Å². The van der Waals surface area contributed by atoms with Crippen molar-refractivity contribution in [1.82, 2.24) is 5.32 Å². The Balaban J connectivity index is 1.68. The van der Waals surface area contributed by atoms with E-state index in [2.05, 4.69) is 19.2 Å². The molecule has 1 aliphatic carbocycles. The van der Waals surface area contributed by atoms with Crippen molar-refractivity contribution in [3.05, 3.63) is 29.8 Å². The highest BCUT2D eigenvalue weighted by molar-refractivity contribution is 5.31. The molecule has 0 heterocycles. The normalized spacial score (nSPS) is 27.3. The van der Waals surface area contributed by atoms with Crippen molar-refractivity contribution in [3.63, 3.8) is 0 Å². The highest BCUT2D eigenvalue weighted by Gasteiger charge is 2.24. The van der Waals surface area contributed by atoms with Crippen molar-refractivity contribution in [2.24, 2.45) is 11.8 Å². The molecule has 2 rings (SSSR count). The van der Waals surface area contributed by atoms with E-state index in [0.29, 0.717) is 19.2 Å². The molecule has 3 heteroatoms. The Morgan fingerprint density at radius 3 is 2.71 bits per heavy atom. The number of hydrogen-bond acceptors (Lipinski definition) is 3. The third kappa shape index (κ3) is 5.01. The molecule has 0 aromatic heterocycles. The molecular formula is C18H29NO2. The van der Waals surface area contributed by atoms with Crippen molar-refractivity contribution < 1.29 is 9.84 Å². The lowest BCUT2D eigenvalue weighted by Crippen LogP contribution is -2.41. The smallest absolute Gasteiger partial charge is 0.122 e. The van der Waals surface area contributed by atoms with E-state index >= 15 is 0 Å². The van der Waals surface area contributed by atoms with Gasteiger partial charge in [0.05, 0.1) is 0 Å². The third-order valence-corrected chi connectivity index (χ3v) is 4.77. The Kier molecular flexibility index (Phi) is 6.07. The molecule has 1 aliphatic rings. The van der Waals surface area contributed by atoms with Crippen LogP contribution in [0.3, 0.4) is 0 Å². The molecule has 0 bridgehead atoms. The highest BCUT2D eigenvalue weighted by atomic mass is 16.5. The summed E-state index contributed by atoms with van der Waals surface area (Å²) in [5, 5.41) is 13.6. The van der Waals surface area contributed by atoms with Crippen LogP contribution >= 0.6 is 0 Å². The number of para-hydroxylation sites is 1. The summed E-state index contributed by atoms with van der Waals surface area (Å²) < 4.78 is 5.69. The first-order valence-corrected chi connectivity index (χ1v) is 8.16. The van der Waals surface area contributed by atoms with E-state index in [1.54, 1.807) is 0 Å². The predicted octanol–water partition coefficient (Wildman–Crippen LogP) is 3.15. The number of rotatable bonds is 6. The van der Waals surface area contributed by atoms with Crippen LogP contribution in [-0.4, -0.2) is 30.4 Å². The molecule has 0 amide bonds. The van der Waals surface area contributed by atoms with Gasteiger partial charge in [0.25, 0.3) is 0 Å². The number of aryl methyl sites for hydroxylation is 1. The molecular weight excluding hydrogens is 262 g/mol. The summed E-state index contributed by atoms with van der Waals surface area (Å²) in [4.78, 5) is 0. The van der Waals surface area contributed by atoms with Gasteiger partial charge in [0.1, 0.15) is 18.5 Å². The average molecular weight is 291 g/mol. The van der Waals surface area contributed by atoms with Crippen molar-refractivity contribution >= 4 is 0 Å². The van der Waals surface area contributed by atoms with Crippen LogP contribution in [0.2, 0.25) is 0 Å². The largest absolute Gasteiger partial charge is 0.491 e. The van der Waals surface area contributed by atoms with Gasteiger partial charge >= 0.3 is 0 Å². The van der Waals surface area contributed by atoms with Gasteiger partial charge < -0.3 is 15.2 Å². The second kappa shape index (κ2) is 7.81. The molecule has 3 nitrogen and oxygen atoms in total. The van der Waals surface area contributed by atoms with Gasteiger partial charge in [-0.15, -0.1) is 0 Å². The summed E-state index contributed by atoms with van der Waals surface area (Å²) >= 11 is 0. The molecule has 2 N–H and O–H groups in total. The lowest BCUT2D eigenvalue weighted by Gasteiger charge is -2.33. The van der Waals surface area contributed by atoms with Crippen LogP contribution < -0.4 is 10.1 Å². The van der Waals surface area contributed by atoms with Gasteiger partial charge in [-0.3, -0.25) is 0 Å². The summed E-state index contributed by atoms with van der Waals surface area (Å²) in [6.45, 7) is 7.64. The topological polar surface area (TPSA) is 41.5 Å². The second-order valence-electron chi connectivity index (χ2n) is 6.60. The lowest BCUT2D eigenvalue weighted by atomic mass is 9.79. The molecule has 0 saturated heterocycles. The predicted molar refractivity (Wildman–Crippen MR) is 86.7 cm³/mol. The van der Waals surface area contributed by atoms with Gasteiger partial charge in [0.15, 0.2) is 0 Å². The summed E-state index contributed by atoms with van der Waals surface area (Å²) in [6.07, 6.45) is 3.26. The Morgan fingerprint density at radius 1 is 1.24 bits per heavy atom. The maximum Gasteiger partial charge on any atom is 0.122 e. The van der Waals surface area contributed by atoms with Crippen LogP contribution in [0.4, 0.5) is 0 Å². The maximum absolute atomic E-state index is 10.1. The Morgan fingerprint density at radius 2 is 2.00 bits per heavy atom. The highest BCUT2D eigenvalue weighted by Crippen LogP contribution is 2.29. The van der Waals surface area contributed by atoms with Crippen molar-refractivity contribution in [3.8, 4) is 5.75 Å². The van der Waals surface area contributed by atoms with Gasteiger partial charge in [-0.05, 0) is 49.7 Å². The quantitative estimate of drug-likeness (QED) is 0.846. The molecule has 118 valence electrons. The van der Waals surface area contributed by atoms with E-state index in [9.17, 15) is 5.11 Å². The zero-order valence-electron chi connectivity index (χ0n) is 13.5. The van der Waals surface area contributed by atoms with Crippen molar-refractivity contribution in [1.29, 1.82) is 0 Å². The zero-order valence-corrected chi connectivity index (χ0v) is 13.5. The molecule has 1 saturated carbocycles. The van der Waals surface area contributed by atoms with Crippen LogP contribution in [0.5, 0.6) is 5.75 Å². The summed E-state index contributed by atoms with van der Waals surface area (Å²) in [5.74, 6) is 2.46. The van der Waals surface area contributed by atoms with E-state index in [4.69, 9.17) is 4.74 Å². The van der Waals surface area contributed by atoms with Gasteiger partial charge in [-0.2, -0.15) is 0 Å². The van der Waals surface area contributed by atoms with Crippen LogP contribution in [0.1, 0.15) is 38.7 Å². The minimum absolute atomic E-state index is 0.344. The molecule has 0 spiro atoms. The SMILES string of the molecule is Cc1ccccc1OCC(O)CNC1CCC(C)C(C)C1. The number of aliphatic hydroxyl groups is 1. The second-order valence-corrected chi connectivity index (χ2v) is 6.60. The Hall–Kier alpha value is -1.06. The van der Waals surface area contributed by atoms with E-state index in [0.717, 1.165) is 23.1 Å². The molecule has 1 fully saturated rings. The number of aliphatic hydroxyl groups excluding tert-OH is 1. The number of benzene rings is 1. The van der Waals surface area contributed by atoms with E-state index in [1.807, 2.05) is 31.2 Å². The fourth-order valence-corrected chi connectivity index (χ4v) is 3.00. The van der Waals surface area contributed by atoms with Gasteiger partial charge in [0.2, 0.25) is 0 Å². The average Bonchev–Trinajstić information content (AvgIpc) is 2.47. The first-order chi connectivity index (χ1) is 10.1. The first-order valence-electron chi connectivity index (χ1n) is 8.16. The van der Waals surface area contributed by atoms with E-state index in [1.165, 1.54) is 19.3 Å². The number of hydrogen-bond donors (Lipinski definition) is 2. The molecule has 0 aliphatic heterocycles. The molecule has 1 aromatic carbocycles. The molecule has 1 aromatic rings. The van der Waals surface area contributed by atoms with Crippen LogP contribution in [-0.2, 0) is 0 Å². The summed E-state index contributed by atoms with van der Waals surface area (Å²) in [5.41, 5.74) is 1.10. The van der Waals surface area contributed by atoms with Crippen LogP contribution in [0.25, 0.3) is 0 Å². The fraction of sp³-hybridized carbons (Fsp3) is 0.667. The molecule has 4 atom stereocenters. The Bertz CT molecular complexity index is 435. The first kappa shape index (κ1) is 16.3. The third-order valence-electron chi connectivity index (χ3n) is 4.77. The minimum Gasteiger partial charge on any atom is -0.491 e. The van der Waals surface area contributed by atoms with E-state index in [-0.39, 0.29) is 0 Å². The van der Waals surface area contributed by atoms with Crippen LogP contribution in [0.15, 0.2) is 24.3 Å². The fourth-order valence-electron chi connectivity index (χ4n) is 3.00. The standard InChI is InChI=1S/C18H29NO2/c1-13-8-9-16(10-15(13)3)19-11-17(20)12-21-18-7-5-4-6-14(18)2/h4-7,13,15-17,19-20H,8-12H2,1-3H3. The van der Waals surface area contributed by atoms with Gasteiger partial charge in [-0.1, -0.05) is 32.0 Å². The van der Waals surface area contributed by atoms with Gasteiger partial charge in [0, 0.05) is 12.6 Å². The summed E-state index contributed by atoms with van der Waals surface area (Å²) in [7, 11) is 0. The van der Waals surface area contributed by atoms with Crippen LogP contribution in [0, 0.1) is 18.8 Å². The van der Waals surface area contributed by atoms with Crippen molar-refractivity contribution in [2.45, 2.75) is 52.2 Å². The number of ether oxygens (including phenoxy) is 1. The molecule has 21 heavy (non-hydrogen) atoms. The Labute approximate surface area is 128 Å². The molecule has 4 unspecified atom stereocenters. The molecule has 0 radical (unpaired) electrons. The van der Waals surface area contributed by atoms with Gasteiger partial charge in [-0.25, -0.2) is 0 Å². The minimum atomic E-state index is -0.459. The van der Waals surface area contributed by atoms with Crippen molar-refractivity contribution in [2.75, 3.05) is 13.2 Å².